The minimum absolute atomic E-state index is 0.0217. The van der Waals surface area contributed by atoms with Crippen molar-refractivity contribution >= 4 is 21.8 Å². The van der Waals surface area contributed by atoms with Crippen LogP contribution in [0.15, 0.2) is 22.7 Å². The molecule has 0 aliphatic rings. The van der Waals surface area contributed by atoms with Gasteiger partial charge in [0.25, 0.3) is 5.91 Å². The highest BCUT2D eigenvalue weighted by atomic mass is 79.9. The summed E-state index contributed by atoms with van der Waals surface area (Å²) in [5.41, 5.74) is 0.664. The second-order valence-electron chi connectivity index (χ2n) is 6.02. The van der Waals surface area contributed by atoms with Crippen LogP contribution in [0.25, 0.3) is 0 Å². The number of halogens is 1. The van der Waals surface area contributed by atoms with E-state index in [4.69, 9.17) is 4.74 Å². The van der Waals surface area contributed by atoms with Crippen molar-refractivity contribution in [1.29, 1.82) is 0 Å². The number of amides is 1. The van der Waals surface area contributed by atoms with Gasteiger partial charge in [0, 0.05) is 12.1 Å². The highest BCUT2D eigenvalue weighted by Crippen LogP contribution is 2.26. The average Bonchev–Trinajstić information content (AvgIpc) is 2.49. The monoisotopic (exact) mass is 369 g/mol. The van der Waals surface area contributed by atoms with Crippen molar-refractivity contribution < 1.29 is 9.53 Å². The van der Waals surface area contributed by atoms with E-state index >= 15 is 0 Å². The van der Waals surface area contributed by atoms with Gasteiger partial charge in [0.1, 0.15) is 5.75 Å². The molecular weight excluding hydrogens is 342 g/mol. The normalized spacial score (nSPS) is 10.8. The summed E-state index contributed by atoms with van der Waals surface area (Å²) in [4.78, 5) is 12.1. The molecule has 3 nitrogen and oxygen atoms in total. The summed E-state index contributed by atoms with van der Waals surface area (Å²) < 4.78 is 6.51. The fourth-order valence-electron chi connectivity index (χ4n) is 2.05. The van der Waals surface area contributed by atoms with Crippen LogP contribution < -0.4 is 10.1 Å². The van der Waals surface area contributed by atoms with Crippen LogP contribution in [0.1, 0.15) is 63.2 Å². The molecule has 22 heavy (non-hydrogen) atoms. The van der Waals surface area contributed by atoms with E-state index in [1.54, 1.807) is 0 Å². The van der Waals surface area contributed by atoms with Gasteiger partial charge in [-0.1, -0.05) is 46.5 Å². The molecule has 0 aromatic heterocycles. The maximum atomic E-state index is 12.1. The Bertz CT molecular complexity index is 460. The van der Waals surface area contributed by atoms with Crippen LogP contribution in [-0.2, 0) is 0 Å². The van der Waals surface area contributed by atoms with Crippen LogP contribution in [0.5, 0.6) is 5.75 Å². The fourth-order valence-corrected chi connectivity index (χ4v) is 2.54. The Morgan fingerprint density at radius 3 is 2.59 bits per heavy atom. The minimum atomic E-state index is -0.0217. The van der Waals surface area contributed by atoms with Crippen LogP contribution in [-0.4, -0.2) is 19.1 Å². The van der Waals surface area contributed by atoms with Crippen molar-refractivity contribution in [1.82, 2.24) is 5.32 Å². The van der Waals surface area contributed by atoms with E-state index in [0.717, 1.165) is 23.2 Å². The molecule has 0 fully saturated rings. The number of benzene rings is 1. The zero-order chi connectivity index (χ0) is 16.4. The fraction of sp³-hybridized carbons (Fsp3) is 0.611. The average molecular weight is 370 g/mol. The van der Waals surface area contributed by atoms with Gasteiger partial charge in [0.05, 0.1) is 11.1 Å². The van der Waals surface area contributed by atoms with Crippen LogP contribution in [0.3, 0.4) is 0 Å². The first-order valence-corrected chi connectivity index (χ1v) is 9.04. The largest absolute Gasteiger partial charge is 0.492 e. The predicted octanol–water partition coefficient (Wildman–Crippen LogP) is 5.18. The van der Waals surface area contributed by atoms with Gasteiger partial charge in [-0.05, 0) is 46.5 Å². The van der Waals surface area contributed by atoms with E-state index in [1.807, 2.05) is 18.2 Å². The van der Waals surface area contributed by atoms with Gasteiger partial charge in [-0.25, -0.2) is 0 Å². The molecule has 1 amide bonds. The highest BCUT2D eigenvalue weighted by molar-refractivity contribution is 9.10. The van der Waals surface area contributed by atoms with Crippen molar-refractivity contribution in [2.45, 2.75) is 52.9 Å². The summed E-state index contributed by atoms with van der Waals surface area (Å²) in [5, 5.41) is 2.97. The minimum Gasteiger partial charge on any atom is -0.492 e. The Morgan fingerprint density at radius 2 is 1.95 bits per heavy atom. The summed E-state index contributed by atoms with van der Waals surface area (Å²) in [6.45, 7) is 7.83. The number of hydrogen-bond donors (Lipinski definition) is 1. The molecule has 0 aliphatic heterocycles. The molecule has 0 heterocycles. The Morgan fingerprint density at radius 1 is 1.23 bits per heavy atom. The SMILES string of the molecule is CCCCCCCNC(=O)c1ccc(OCC(C)C)c(Br)c1. The molecule has 0 unspecified atom stereocenters. The lowest BCUT2D eigenvalue weighted by Gasteiger charge is -2.11. The molecule has 0 radical (unpaired) electrons. The maximum Gasteiger partial charge on any atom is 0.251 e. The zero-order valence-corrected chi connectivity index (χ0v) is 15.5. The molecule has 0 bridgehead atoms. The molecule has 0 saturated carbocycles. The van der Waals surface area contributed by atoms with Gasteiger partial charge >= 0.3 is 0 Å². The van der Waals surface area contributed by atoms with E-state index in [9.17, 15) is 4.79 Å². The zero-order valence-electron chi connectivity index (χ0n) is 14.0. The molecular formula is C18H28BrNO2. The first-order chi connectivity index (χ1) is 10.5. The standard InChI is InChI=1S/C18H28BrNO2/c1-4-5-6-7-8-11-20-18(21)15-9-10-17(16(19)12-15)22-13-14(2)3/h9-10,12,14H,4-8,11,13H2,1-3H3,(H,20,21). The third-order valence-corrected chi connectivity index (χ3v) is 3.95. The Hall–Kier alpha value is -1.03. The van der Waals surface area contributed by atoms with Crippen LogP contribution in [0.2, 0.25) is 0 Å². The van der Waals surface area contributed by atoms with Crippen LogP contribution in [0.4, 0.5) is 0 Å². The Balaban J connectivity index is 2.41. The number of hydrogen-bond acceptors (Lipinski definition) is 2. The van der Waals surface area contributed by atoms with Gasteiger partial charge in [0.15, 0.2) is 0 Å². The number of rotatable bonds is 10. The summed E-state index contributed by atoms with van der Waals surface area (Å²) in [7, 11) is 0. The van der Waals surface area contributed by atoms with Crippen molar-refractivity contribution in [2.24, 2.45) is 5.92 Å². The number of nitrogens with one attached hydrogen (secondary N) is 1. The van der Waals surface area contributed by atoms with E-state index < -0.39 is 0 Å². The molecule has 0 atom stereocenters. The Labute approximate surface area is 143 Å². The molecule has 1 aromatic carbocycles. The maximum absolute atomic E-state index is 12.1. The lowest BCUT2D eigenvalue weighted by Crippen LogP contribution is -2.24. The van der Waals surface area contributed by atoms with Gasteiger partial charge < -0.3 is 10.1 Å². The molecule has 4 heteroatoms. The van der Waals surface area contributed by atoms with Crippen molar-refractivity contribution in [2.75, 3.05) is 13.2 Å². The summed E-state index contributed by atoms with van der Waals surface area (Å²) in [5.74, 6) is 1.24. The van der Waals surface area contributed by atoms with Crippen molar-refractivity contribution in [3.63, 3.8) is 0 Å². The first-order valence-electron chi connectivity index (χ1n) is 8.25. The number of ether oxygens (including phenoxy) is 1. The lowest BCUT2D eigenvalue weighted by atomic mass is 10.1. The second-order valence-corrected chi connectivity index (χ2v) is 6.87. The van der Waals surface area contributed by atoms with Gasteiger partial charge in [-0.2, -0.15) is 0 Å². The highest BCUT2D eigenvalue weighted by Gasteiger charge is 2.09. The molecule has 0 saturated heterocycles. The first kappa shape index (κ1) is 19.0. The molecule has 124 valence electrons. The summed E-state index contributed by atoms with van der Waals surface area (Å²) in [6, 6.07) is 5.48. The van der Waals surface area contributed by atoms with Crippen molar-refractivity contribution in [3.05, 3.63) is 28.2 Å². The smallest absolute Gasteiger partial charge is 0.251 e. The molecule has 0 spiro atoms. The van der Waals surface area contributed by atoms with Crippen LogP contribution >= 0.6 is 15.9 Å². The van der Waals surface area contributed by atoms with Crippen LogP contribution in [0, 0.1) is 5.92 Å². The van der Waals surface area contributed by atoms with E-state index in [0.29, 0.717) is 18.1 Å². The molecule has 1 aromatic rings. The predicted molar refractivity (Wildman–Crippen MR) is 95.6 cm³/mol. The van der Waals surface area contributed by atoms with E-state index in [-0.39, 0.29) is 5.91 Å². The molecule has 1 N–H and O–H groups in total. The quantitative estimate of drug-likeness (QED) is 0.576. The summed E-state index contributed by atoms with van der Waals surface area (Å²) >= 11 is 3.47. The Kier molecular flexibility index (Phi) is 9.21. The second kappa shape index (κ2) is 10.7. The topological polar surface area (TPSA) is 38.3 Å². The number of carbonyl (C=O) groups is 1. The van der Waals surface area contributed by atoms with E-state index in [2.05, 4.69) is 42.0 Å². The molecule has 0 aliphatic carbocycles. The number of carbonyl (C=O) groups excluding carboxylic acids is 1. The van der Waals surface area contributed by atoms with Crippen molar-refractivity contribution in [3.8, 4) is 5.75 Å². The van der Waals surface area contributed by atoms with E-state index in [1.165, 1.54) is 25.7 Å². The van der Waals surface area contributed by atoms with Gasteiger partial charge in [-0.3, -0.25) is 4.79 Å². The summed E-state index contributed by atoms with van der Waals surface area (Å²) in [6.07, 6.45) is 5.99. The van der Waals surface area contributed by atoms with Gasteiger partial charge in [0.2, 0.25) is 0 Å². The lowest BCUT2D eigenvalue weighted by molar-refractivity contribution is 0.0953. The third kappa shape index (κ3) is 7.30. The number of unbranched alkanes of at least 4 members (excludes halogenated alkanes) is 4. The van der Waals surface area contributed by atoms with Gasteiger partial charge in [-0.15, -0.1) is 0 Å². The third-order valence-electron chi connectivity index (χ3n) is 3.33. The molecule has 1 rings (SSSR count).